The van der Waals surface area contributed by atoms with Crippen LogP contribution in [-0.2, 0) is 23.7 Å². The molecule has 0 bridgehead atoms. The first-order valence-electron chi connectivity index (χ1n) is 4.57. The van der Waals surface area contributed by atoms with Crippen LogP contribution in [0.15, 0.2) is 0 Å². The zero-order chi connectivity index (χ0) is 10.5. The predicted octanol–water partition coefficient (Wildman–Crippen LogP) is -0.119. The maximum absolute atomic E-state index is 9.84. The molecule has 0 N–H and O–H groups in total. The Morgan fingerprint density at radius 2 is 1.36 bits per heavy atom. The maximum atomic E-state index is 9.84. The summed E-state index contributed by atoms with van der Waals surface area (Å²) in [6.07, 6.45) is 0.716. The minimum Gasteiger partial charge on any atom is -0.382 e. The molecule has 0 aliphatic carbocycles. The van der Waals surface area contributed by atoms with Gasteiger partial charge in [-0.2, -0.15) is 0 Å². The zero-order valence-corrected chi connectivity index (χ0v) is 8.57. The number of methoxy groups -OCH3 is 1. The molecule has 0 aliphatic heterocycles. The van der Waals surface area contributed by atoms with Crippen LogP contribution in [0.5, 0.6) is 0 Å². The Morgan fingerprint density at radius 1 is 0.857 bits per heavy atom. The molecule has 0 radical (unpaired) electrons. The fraction of sp³-hybridized carbons (Fsp3) is 0.889. The number of carbonyl (C=O) groups is 1. The van der Waals surface area contributed by atoms with E-state index in [2.05, 4.69) is 0 Å². The van der Waals surface area contributed by atoms with Crippen molar-refractivity contribution in [3.8, 4) is 0 Å². The molecule has 0 spiro atoms. The van der Waals surface area contributed by atoms with E-state index in [0.717, 1.165) is 0 Å². The first-order valence-corrected chi connectivity index (χ1v) is 4.57. The van der Waals surface area contributed by atoms with Gasteiger partial charge in [-0.05, 0) is 0 Å². The Bertz CT molecular complexity index is 118. The number of hydrogen-bond donors (Lipinski definition) is 0. The number of hydrogen-bond acceptors (Lipinski definition) is 5. The Morgan fingerprint density at radius 3 is 1.86 bits per heavy atom. The molecule has 0 aromatic heterocycles. The van der Waals surface area contributed by atoms with Crippen LogP contribution in [0.25, 0.3) is 0 Å². The third-order valence-electron chi connectivity index (χ3n) is 1.36. The molecule has 84 valence electrons. The SMILES string of the molecule is COCCOCCOCCOCC=O. The van der Waals surface area contributed by atoms with Gasteiger partial charge in [-0.3, -0.25) is 0 Å². The van der Waals surface area contributed by atoms with Crippen molar-refractivity contribution < 1.29 is 23.7 Å². The van der Waals surface area contributed by atoms with Gasteiger partial charge in [-0.25, -0.2) is 0 Å². The van der Waals surface area contributed by atoms with Gasteiger partial charge in [0.25, 0.3) is 0 Å². The van der Waals surface area contributed by atoms with Crippen LogP contribution < -0.4 is 0 Å². The van der Waals surface area contributed by atoms with Gasteiger partial charge in [0.2, 0.25) is 0 Å². The molecule has 5 heteroatoms. The largest absolute Gasteiger partial charge is 0.382 e. The monoisotopic (exact) mass is 206 g/mol. The lowest BCUT2D eigenvalue weighted by Crippen LogP contribution is -2.11. The average molecular weight is 206 g/mol. The van der Waals surface area contributed by atoms with Crippen LogP contribution in [0.4, 0.5) is 0 Å². The van der Waals surface area contributed by atoms with Crippen LogP contribution in [0.3, 0.4) is 0 Å². The van der Waals surface area contributed by atoms with Crippen LogP contribution in [-0.4, -0.2) is 59.6 Å². The number of rotatable bonds is 11. The van der Waals surface area contributed by atoms with E-state index in [1.807, 2.05) is 0 Å². The normalized spacial score (nSPS) is 10.4. The Balaban J connectivity index is 2.81. The van der Waals surface area contributed by atoms with Crippen molar-refractivity contribution in [2.24, 2.45) is 0 Å². The second-order valence-electron chi connectivity index (χ2n) is 2.46. The fourth-order valence-electron chi connectivity index (χ4n) is 0.714. The highest BCUT2D eigenvalue weighted by Gasteiger charge is 1.90. The van der Waals surface area contributed by atoms with E-state index in [1.165, 1.54) is 0 Å². The molecule has 0 amide bonds. The summed E-state index contributed by atoms with van der Waals surface area (Å²) >= 11 is 0. The molecule has 0 heterocycles. The zero-order valence-electron chi connectivity index (χ0n) is 8.57. The number of aldehydes is 1. The van der Waals surface area contributed by atoms with Crippen molar-refractivity contribution >= 4 is 6.29 Å². The van der Waals surface area contributed by atoms with E-state index >= 15 is 0 Å². The van der Waals surface area contributed by atoms with Crippen molar-refractivity contribution in [3.05, 3.63) is 0 Å². The Hall–Kier alpha value is -0.490. The van der Waals surface area contributed by atoms with Gasteiger partial charge in [-0.1, -0.05) is 0 Å². The quantitative estimate of drug-likeness (QED) is 0.348. The molecular formula is C9H18O5. The summed E-state index contributed by atoms with van der Waals surface area (Å²) < 4.78 is 20.0. The molecule has 0 aromatic carbocycles. The molecule has 0 saturated carbocycles. The van der Waals surface area contributed by atoms with E-state index in [0.29, 0.717) is 45.9 Å². The van der Waals surface area contributed by atoms with Gasteiger partial charge >= 0.3 is 0 Å². The number of carbonyl (C=O) groups excluding carboxylic acids is 1. The van der Waals surface area contributed by atoms with Crippen molar-refractivity contribution in [3.63, 3.8) is 0 Å². The van der Waals surface area contributed by atoms with E-state index in [4.69, 9.17) is 18.9 Å². The average Bonchev–Trinajstić information content (AvgIpc) is 2.21. The highest BCUT2D eigenvalue weighted by Crippen LogP contribution is 1.80. The molecule has 0 unspecified atom stereocenters. The summed E-state index contributed by atoms with van der Waals surface area (Å²) in [5, 5.41) is 0. The van der Waals surface area contributed by atoms with Crippen molar-refractivity contribution in [2.45, 2.75) is 0 Å². The predicted molar refractivity (Wildman–Crippen MR) is 50.4 cm³/mol. The second kappa shape index (κ2) is 12.5. The van der Waals surface area contributed by atoms with Gasteiger partial charge in [0, 0.05) is 7.11 Å². The van der Waals surface area contributed by atoms with Crippen molar-refractivity contribution in [1.82, 2.24) is 0 Å². The molecule has 5 nitrogen and oxygen atoms in total. The number of ether oxygens (including phenoxy) is 4. The van der Waals surface area contributed by atoms with E-state index in [1.54, 1.807) is 7.11 Å². The van der Waals surface area contributed by atoms with Gasteiger partial charge in [0.05, 0.1) is 39.6 Å². The molecule has 0 atom stereocenters. The van der Waals surface area contributed by atoms with Crippen LogP contribution in [0, 0.1) is 0 Å². The highest BCUT2D eigenvalue weighted by atomic mass is 16.6. The third kappa shape index (κ3) is 11.5. The minimum atomic E-state index is 0.133. The second-order valence-corrected chi connectivity index (χ2v) is 2.46. The van der Waals surface area contributed by atoms with Crippen molar-refractivity contribution in [2.75, 3.05) is 53.4 Å². The summed E-state index contributed by atoms with van der Waals surface area (Å²) in [5.41, 5.74) is 0. The minimum absolute atomic E-state index is 0.133. The first-order chi connectivity index (χ1) is 6.91. The first kappa shape index (κ1) is 13.5. The Kier molecular flexibility index (Phi) is 12.1. The summed E-state index contributed by atoms with van der Waals surface area (Å²) in [5.74, 6) is 0. The molecule has 0 fully saturated rings. The van der Waals surface area contributed by atoms with Crippen LogP contribution >= 0.6 is 0 Å². The van der Waals surface area contributed by atoms with Gasteiger partial charge in [0.1, 0.15) is 12.9 Å². The summed E-state index contributed by atoms with van der Waals surface area (Å²) in [4.78, 5) is 9.84. The van der Waals surface area contributed by atoms with E-state index in [9.17, 15) is 4.79 Å². The van der Waals surface area contributed by atoms with Gasteiger partial charge < -0.3 is 23.7 Å². The topological polar surface area (TPSA) is 54.0 Å². The van der Waals surface area contributed by atoms with Crippen molar-refractivity contribution in [1.29, 1.82) is 0 Å². The standard InChI is InChI=1S/C9H18O5/c1-11-4-5-13-8-9-14-7-6-12-3-2-10/h2H,3-9H2,1H3. The molecule has 0 saturated heterocycles. The van der Waals surface area contributed by atoms with Gasteiger partial charge in [0.15, 0.2) is 0 Å². The summed E-state index contributed by atoms with van der Waals surface area (Å²) in [6, 6.07) is 0. The lowest BCUT2D eigenvalue weighted by Gasteiger charge is -2.04. The lowest BCUT2D eigenvalue weighted by molar-refractivity contribution is -0.112. The molecule has 0 aromatic rings. The molecular weight excluding hydrogens is 188 g/mol. The Labute approximate surface area is 84.3 Å². The highest BCUT2D eigenvalue weighted by molar-refractivity contribution is 5.50. The van der Waals surface area contributed by atoms with E-state index in [-0.39, 0.29) is 6.61 Å². The van der Waals surface area contributed by atoms with E-state index < -0.39 is 0 Å². The van der Waals surface area contributed by atoms with Crippen LogP contribution in [0.1, 0.15) is 0 Å². The third-order valence-corrected chi connectivity index (χ3v) is 1.36. The molecule has 14 heavy (non-hydrogen) atoms. The molecule has 0 aliphatic rings. The summed E-state index contributed by atoms with van der Waals surface area (Å²) in [6.45, 7) is 3.33. The summed E-state index contributed by atoms with van der Waals surface area (Å²) in [7, 11) is 1.63. The maximum Gasteiger partial charge on any atom is 0.145 e. The smallest absolute Gasteiger partial charge is 0.145 e. The lowest BCUT2D eigenvalue weighted by atomic mass is 10.7. The molecule has 0 rings (SSSR count). The van der Waals surface area contributed by atoms with Gasteiger partial charge in [-0.15, -0.1) is 0 Å². The fourth-order valence-corrected chi connectivity index (χ4v) is 0.714. The van der Waals surface area contributed by atoms with Crippen LogP contribution in [0.2, 0.25) is 0 Å².